The molecule has 0 spiro atoms. The van der Waals surface area contributed by atoms with Crippen LogP contribution in [0.5, 0.6) is 0 Å². The number of aliphatic imine (C=N–C) groups is 1. The summed E-state index contributed by atoms with van der Waals surface area (Å²) in [5.74, 6) is 0. The van der Waals surface area contributed by atoms with Gasteiger partial charge < -0.3 is 0 Å². The number of pyridine rings is 1. The second-order valence-corrected chi connectivity index (χ2v) is 5.67. The van der Waals surface area contributed by atoms with Gasteiger partial charge in [-0.15, -0.1) is 0 Å². The van der Waals surface area contributed by atoms with Gasteiger partial charge in [-0.25, -0.2) is 9.98 Å². The molecule has 4 heteroatoms. The molecule has 0 saturated heterocycles. The van der Waals surface area contributed by atoms with Crippen LogP contribution in [0.2, 0.25) is 5.02 Å². The van der Waals surface area contributed by atoms with Gasteiger partial charge in [-0.2, -0.15) is 0 Å². The quantitative estimate of drug-likeness (QED) is 0.542. The van der Waals surface area contributed by atoms with Gasteiger partial charge in [-0.1, -0.05) is 23.7 Å². The molecular formula is C15H14BrClN2. The molecule has 0 amide bonds. The molecule has 1 aromatic carbocycles. The maximum Gasteiger partial charge on any atom is 0.106 e. The summed E-state index contributed by atoms with van der Waals surface area (Å²) >= 11 is 9.62. The van der Waals surface area contributed by atoms with Crippen LogP contribution in [-0.2, 0) is 0 Å². The molecule has 0 N–H and O–H groups in total. The Kier molecular flexibility index (Phi) is 4.38. The molecule has 98 valence electrons. The average Bonchev–Trinajstić information content (AvgIpc) is 2.33. The lowest BCUT2D eigenvalue weighted by Gasteiger charge is -2.07. The first-order valence-corrected chi connectivity index (χ1v) is 7.09. The molecule has 0 unspecified atom stereocenters. The van der Waals surface area contributed by atoms with Gasteiger partial charge in [-0.3, -0.25) is 0 Å². The van der Waals surface area contributed by atoms with Crippen LogP contribution in [0.1, 0.15) is 23.7 Å². The van der Waals surface area contributed by atoms with Crippen LogP contribution < -0.4 is 0 Å². The van der Waals surface area contributed by atoms with E-state index in [2.05, 4.69) is 32.0 Å². The number of nitrogens with zero attached hydrogens (tertiary/aromatic N) is 2. The van der Waals surface area contributed by atoms with Crippen LogP contribution in [-0.4, -0.2) is 10.7 Å². The second kappa shape index (κ2) is 5.85. The smallest absolute Gasteiger partial charge is 0.106 e. The van der Waals surface area contributed by atoms with Gasteiger partial charge in [0.1, 0.15) is 4.60 Å². The van der Waals surface area contributed by atoms with E-state index in [1.807, 2.05) is 45.0 Å². The topological polar surface area (TPSA) is 25.2 Å². The van der Waals surface area contributed by atoms with Gasteiger partial charge in [0.05, 0.1) is 22.1 Å². The van der Waals surface area contributed by atoms with Crippen LogP contribution in [0, 0.1) is 13.8 Å². The van der Waals surface area contributed by atoms with Gasteiger partial charge in [0, 0.05) is 0 Å². The summed E-state index contributed by atoms with van der Waals surface area (Å²) in [5, 5.41) is 0.673. The predicted octanol–water partition coefficient (Wildman–Crippen LogP) is 5.26. The minimum Gasteiger partial charge on any atom is -0.250 e. The Morgan fingerprint density at radius 2 is 2.00 bits per heavy atom. The number of benzene rings is 1. The van der Waals surface area contributed by atoms with E-state index in [-0.39, 0.29) is 0 Å². The Labute approximate surface area is 126 Å². The lowest BCUT2D eigenvalue weighted by molar-refractivity contribution is 1.23. The Morgan fingerprint density at radius 1 is 1.26 bits per heavy atom. The van der Waals surface area contributed by atoms with E-state index in [1.54, 1.807) is 0 Å². The van der Waals surface area contributed by atoms with E-state index >= 15 is 0 Å². The molecule has 0 radical (unpaired) electrons. The third-order valence-electron chi connectivity index (χ3n) is 2.76. The zero-order valence-corrected chi connectivity index (χ0v) is 13.4. The third kappa shape index (κ3) is 3.43. The van der Waals surface area contributed by atoms with E-state index in [0.717, 1.165) is 32.8 Å². The highest BCUT2D eigenvalue weighted by Crippen LogP contribution is 2.30. The summed E-state index contributed by atoms with van der Waals surface area (Å²) in [4.78, 5) is 9.00. The lowest BCUT2D eigenvalue weighted by atomic mass is 10.1. The summed E-state index contributed by atoms with van der Waals surface area (Å²) in [6.45, 7) is 5.97. The molecule has 0 aliphatic rings. The van der Waals surface area contributed by atoms with Gasteiger partial charge >= 0.3 is 0 Å². The molecule has 1 aromatic heterocycles. The fourth-order valence-electron chi connectivity index (χ4n) is 1.88. The SMILES string of the molecule is CC(=Nc1c(C)cc(C)cc1Cl)c1cccc(Br)n1. The van der Waals surface area contributed by atoms with Crippen molar-refractivity contribution in [2.75, 3.05) is 0 Å². The molecule has 0 saturated carbocycles. The zero-order valence-electron chi connectivity index (χ0n) is 11.0. The van der Waals surface area contributed by atoms with E-state index < -0.39 is 0 Å². The summed E-state index contributed by atoms with van der Waals surface area (Å²) < 4.78 is 0.797. The van der Waals surface area contributed by atoms with E-state index in [1.165, 1.54) is 0 Å². The number of hydrogen-bond acceptors (Lipinski definition) is 2. The van der Waals surface area contributed by atoms with Gasteiger partial charge in [0.2, 0.25) is 0 Å². The van der Waals surface area contributed by atoms with Crippen molar-refractivity contribution in [3.8, 4) is 0 Å². The molecule has 0 aliphatic carbocycles. The third-order valence-corrected chi connectivity index (χ3v) is 3.49. The fraction of sp³-hybridized carbons (Fsp3) is 0.200. The lowest BCUT2D eigenvalue weighted by Crippen LogP contribution is -1.98. The molecular weight excluding hydrogens is 324 g/mol. The molecule has 19 heavy (non-hydrogen) atoms. The first kappa shape index (κ1) is 14.2. The van der Waals surface area contributed by atoms with Crippen molar-refractivity contribution in [3.63, 3.8) is 0 Å². The molecule has 2 aromatic rings. The van der Waals surface area contributed by atoms with Gasteiger partial charge in [0.15, 0.2) is 0 Å². The standard InChI is InChI=1S/C15H14BrClN2/c1-9-7-10(2)15(12(17)8-9)18-11(3)13-5-4-6-14(16)19-13/h4-8H,1-3H3. The molecule has 0 fully saturated rings. The normalized spacial score (nSPS) is 11.7. The van der Waals surface area contributed by atoms with Crippen LogP contribution in [0.25, 0.3) is 0 Å². The summed E-state index contributed by atoms with van der Waals surface area (Å²) in [6, 6.07) is 9.76. The summed E-state index contributed by atoms with van der Waals surface area (Å²) in [5.41, 5.74) is 4.70. The van der Waals surface area contributed by atoms with Crippen molar-refractivity contribution in [2.45, 2.75) is 20.8 Å². The largest absolute Gasteiger partial charge is 0.250 e. The van der Waals surface area contributed by atoms with Crippen molar-refractivity contribution in [3.05, 3.63) is 56.8 Å². The molecule has 0 atom stereocenters. The van der Waals surface area contributed by atoms with Crippen molar-refractivity contribution in [2.24, 2.45) is 4.99 Å². The summed E-state index contributed by atoms with van der Waals surface area (Å²) in [7, 11) is 0. The zero-order chi connectivity index (χ0) is 14.0. The maximum absolute atomic E-state index is 6.26. The monoisotopic (exact) mass is 336 g/mol. The van der Waals surface area contributed by atoms with E-state index in [0.29, 0.717) is 5.02 Å². The summed E-state index contributed by atoms with van der Waals surface area (Å²) in [6.07, 6.45) is 0. The number of hydrogen-bond donors (Lipinski definition) is 0. The van der Waals surface area contributed by atoms with Crippen molar-refractivity contribution < 1.29 is 0 Å². The van der Waals surface area contributed by atoms with Gasteiger partial charge in [0.25, 0.3) is 0 Å². The van der Waals surface area contributed by atoms with Crippen molar-refractivity contribution in [1.82, 2.24) is 4.98 Å². The maximum atomic E-state index is 6.26. The number of aromatic nitrogens is 1. The fourth-order valence-corrected chi connectivity index (χ4v) is 2.59. The average molecular weight is 338 g/mol. The van der Waals surface area contributed by atoms with Crippen molar-refractivity contribution >= 4 is 38.9 Å². The highest BCUT2D eigenvalue weighted by molar-refractivity contribution is 9.10. The van der Waals surface area contributed by atoms with Crippen LogP contribution in [0.3, 0.4) is 0 Å². The van der Waals surface area contributed by atoms with Crippen LogP contribution in [0.4, 0.5) is 5.69 Å². The number of halogens is 2. The van der Waals surface area contributed by atoms with Crippen molar-refractivity contribution in [1.29, 1.82) is 0 Å². The first-order chi connectivity index (χ1) is 8.97. The van der Waals surface area contributed by atoms with E-state index in [4.69, 9.17) is 11.6 Å². The first-order valence-electron chi connectivity index (χ1n) is 5.92. The minimum absolute atomic E-state index is 0.673. The molecule has 2 nitrogen and oxygen atoms in total. The predicted molar refractivity (Wildman–Crippen MR) is 84.7 cm³/mol. The Morgan fingerprint density at radius 3 is 2.63 bits per heavy atom. The molecule has 0 bridgehead atoms. The number of aryl methyl sites for hydroxylation is 2. The second-order valence-electron chi connectivity index (χ2n) is 4.46. The molecule has 0 aliphatic heterocycles. The molecule has 2 rings (SSSR count). The highest BCUT2D eigenvalue weighted by Gasteiger charge is 2.06. The Hall–Kier alpha value is -1.19. The Bertz CT molecular complexity index is 627. The number of rotatable bonds is 2. The molecule has 1 heterocycles. The van der Waals surface area contributed by atoms with Gasteiger partial charge in [-0.05, 0) is 66.0 Å². The van der Waals surface area contributed by atoms with E-state index in [9.17, 15) is 0 Å². The van der Waals surface area contributed by atoms with Crippen LogP contribution >= 0.6 is 27.5 Å². The Balaban J connectivity index is 2.47. The van der Waals surface area contributed by atoms with Crippen LogP contribution in [0.15, 0.2) is 39.9 Å². The minimum atomic E-state index is 0.673. The highest BCUT2D eigenvalue weighted by atomic mass is 79.9.